The lowest BCUT2D eigenvalue weighted by atomic mass is 9.90. The molecule has 30 heavy (non-hydrogen) atoms. The smallest absolute Gasteiger partial charge is 0.315 e. The first-order valence-electron chi connectivity index (χ1n) is 11.2. The summed E-state index contributed by atoms with van der Waals surface area (Å²) < 4.78 is 29.6. The molecule has 1 aromatic heterocycles. The van der Waals surface area contributed by atoms with Gasteiger partial charge in [0.25, 0.3) is 0 Å². The molecule has 0 atom stereocenters. The molecule has 2 rings (SSSR count). The van der Waals surface area contributed by atoms with Gasteiger partial charge in [-0.2, -0.15) is 0 Å². The average Bonchev–Trinajstić information content (AvgIpc) is 2.75. The van der Waals surface area contributed by atoms with E-state index in [1.165, 1.54) is 32.1 Å². The van der Waals surface area contributed by atoms with Gasteiger partial charge in [0.15, 0.2) is 9.84 Å². The number of carbonyl (C=O) groups is 1. The molecule has 0 unspecified atom stereocenters. The van der Waals surface area contributed by atoms with Crippen molar-refractivity contribution >= 4 is 15.9 Å². The van der Waals surface area contributed by atoms with Gasteiger partial charge in [0.1, 0.15) is 5.94 Å². The van der Waals surface area contributed by atoms with Gasteiger partial charge in [-0.1, -0.05) is 44.6 Å². The number of unbranched alkanes of at least 4 members (excludes halogenated alkanes) is 4. The number of hydrogen-bond donors (Lipinski definition) is 2. The second-order valence-electron chi connectivity index (χ2n) is 8.18. The lowest BCUT2D eigenvalue weighted by Gasteiger charge is -2.21. The molecular weight excluding hydrogens is 402 g/mol. The first kappa shape index (κ1) is 24.6. The van der Waals surface area contributed by atoms with Crippen LogP contribution < -0.4 is 10.6 Å². The second-order valence-corrected chi connectivity index (χ2v) is 10.3. The van der Waals surface area contributed by atoms with Crippen molar-refractivity contribution in [3.05, 3.63) is 30.1 Å². The van der Waals surface area contributed by atoms with Crippen LogP contribution in [0.1, 0.15) is 69.8 Å². The fraction of sp³-hybridized carbons (Fsp3) is 0.727. The van der Waals surface area contributed by atoms with Crippen molar-refractivity contribution in [3.63, 3.8) is 0 Å². The number of carbonyl (C=O) groups excluding carboxylic acids is 1. The highest BCUT2D eigenvalue weighted by atomic mass is 32.2. The molecule has 1 aliphatic carbocycles. The summed E-state index contributed by atoms with van der Waals surface area (Å²) in [5.74, 6) is 0.605. The summed E-state index contributed by atoms with van der Waals surface area (Å²) >= 11 is 0. The van der Waals surface area contributed by atoms with Crippen molar-refractivity contribution in [2.24, 2.45) is 5.92 Å². The van der Waals surface area contributed by atoms with Gasteiger partial charge < -0.3 is 15.4 Å². The van der Waals surface area contributed by atoms with Crippen LogP contribution in [0, 0.1) is 5.92 Å². The monoisotopic (exact) mass is 439 g/mol. The van der Waals surface area contributed by atoms with Crippen LogP contribution in [-0.2, 0) is 21.1 Å². The quantitative estimate of drug-likeness (QED) is 0.430. The molecule has 1 aliphatic rings. The van der Waals surface area contributed by atoms with Crippen LogP contribution in [0.2, 0.25) is 0 Å². The summed E-state index contributed by atoms with van der Waals surface area (Å²) in [6.45, 7) is 1.66. The van der Waals surface area contributed by atoms with Crippen molar-refractivity contribution < 1.29 is 17.9 Å². The Morgan fingerprint density at radius 2 is 1.83 bits per heavy atom. The summed E-state index contributed by atoms with van der Waals surface area (Å²) in [7, 11) is -3.11. The zero-order valence-electron chi connectivity index (χ0n) is 18.0. The summed E-state index contributed by atoms with van der Waals surface area (Å²) in [5, 5.41) is 5.63. The molecule has 0 aliphatic heterocycles. The maximum absolute atomic E-state index is 12.1. The highest BCUT2D eigenvalue weighted by molar-refractivity contribution is 7.91. The molecule has 7 nitrogen and oxygen atoms in total. The third-order valence-corrected chi connectivity index (χ3v) is 6.87. The van der Waals surface area contributed by atoms with Gasteiger partial charge in [-0.05, 0) is 43.2 Å². The van der Waals surface area contributed by atoms with Crippen LogP contribution in [0.25, 0.3) is 0 Å². The van der Waals surface area contributed by atoms with E-state index in [0.29, 0.717) is 32.0 Å². The molecule has 0 saturated heterocycles. The molecule has 2 amide bonds. The maximum Gasteiger partial charge on any atom is 0.315 e. The van der Waals surface area contributed by atoms with Crippen molar-refractivity contribution in [1.82, 2.24) is 15.6 Å². The van der Waals surface area contributed by atoms with E-state index >= 15 is 0 Å². The number of urea groups is 1. The highest BCUT2D eigenvalue weighted by Crippen LogP contribution is 2.23. The van der Waals surface area contributed by atoms with Gasteiger partial charge in [-0.3, -0.25) is 4.98 Å². The van der Waals surface area contributed by atoms with E-state index < -0.39 is 9.84 Å². The van der Waals surface area contributed by atoms with Crippen LogP contribution in [0.3, 0.4) is 0 Å². The Kier molecular flexibility index (Phi) is 11.8. The van der Waals surface area contributed by atoms with Gasteiger partial charge >= 0.3 is 6.03 Å². The van der Waals surface area contributed by atoms with Crippen LogP contribution in [0.4, 0.5) is 4.79 Å². The minimum Gasteiger partial charge on any atom is -0.365 e. The molecule has 8 heteroatoms. The Balaban J connectivity index is 1.40. The van der Waals surface area contributed by atoms with E-state index in [1.807, 2.05) is 12.1 Å². The number of sulfone groups is 1. The van der Waals surface area contributed by atoms with Gasteiger partial charge in [0.2, 0.25) is 0 Å². The molecule has 1 aromatic rings. The van der Waals surface area contributed by atoms with E-state index in [-0.39, 0.29) is 17.7 Å². The topological polar surface area (TPSA) is 97.4 Å². The number of amides is 2. The first-order valence-corrected chi connectivity index (χ1v) is 13.1. The third kappa shape index (κ3) is 11.5. The van der Waals surface area contributed by atoms with Gasteiger partial charge in [-0.15, -0.1) is 0 Å². The predicted molar refractivity (Wildman–Crippen MR) is 119 cm³/mol. The fourth-order valence-electron chi connectivity index (χ4n) is 3.68. The number of ether oxygens (including phenoxy) is 1. The molecule has 1 fully saturated rings. The number of rotatable bonds is 14. The molecule has 2 N–H and O–H groups in total. The number of nitrogens with zero attached hydrogens (tertiary/aromatic N) is 1. The van der Waals surface area contributed by atoms with E-state index in [0.717, 1.165) is 31.2 Å². The molecule has 1 heterocycles. The van der Waals surface area contributed by atoms with Gasteiger partial charge in [-0.25, -0.2) is 13.2 Å². The Bertz CT molecular complexity index is 692. The van der Waals surface area contributed by atoms with Crippen molar-refractivity contribution in [2.75, 3.05) is 24.8 Å². The first-order chi connectivity index (χ1) is 14.6. The fourth-order valence-corrected chi connectivity index (χ4v) is 4.79. The zero-order valence-corrected chi connectivity index (χ0v) is 18.8. The van der Waals surface area contributed by atoms with Crippen LogP contribution in [-0.4, -0.2) is 44.3 Å². The Morgan fingerprint density at radius 3 is 2.60 bits per heavy atom. The average molecular weight is 440 g/mol. The minimum absolute atomic E-state index is 0.137. The SMILES string of the molecule is O=C(NCCCCCCCS(=O)(=O)COCC1CCCCC1)NCc1cccnc1. The van der Waals surface area contributed by atoms with Crippen LogP contribution in [0.5, 0.6) is 0 Å². The summed E-state index contributed by atoms with van der Waals surface area (Å²) in [6.07, 6.45) is 13.9. The van der Waals surface area contributed by atoms with E-state index in [1.54, 1.807) is 12.4 Å². The number of nitrogens with one attached hydrogen (secondary N) is 2. The van der Waals surface area contributed by atoms with Crippen LogP contribution >= 0.6 is 0 Å². The summed E-state index contributed by atoms with van der Waals surface area (Å²) in [4.78, 5) is 15.7. The lowest BCUT2D eigenvalue weighted by Crippen LogP contribution is -2.35. The molecule has 1 saturated carbocycles. The van der Waals surface area contributed by atoms with E-state index in [2.05, 4.69) is 15.6 Å². The number of aromatic nitrogens is 1. The van der Waals surface area contributed by atoms with Crippen molar-refractivity contribution in [3.8, 4) is 0 Å². The number of pyridine rings is 1. The highest BCUT2D eigenvalue weighted by Gasteiger charge is 2.16. The molecule has 0 bridgehead atoms. The van der Waals surface area contributed by atoms with E-state index in [4.69, 9.17) is 4.74 Å². The standard InChI is InChI=1S/C22H37N3O4S/c26-22(25-17-21-12-9-13-23-16-21)24-14-7-2-1-3-8-15-30(27,28)19-29-18-20-10-5-4-6-11-20/h9,12-13,16,20H,1-8,10-11,14-15,17-19H2,(H2,24,25,26). The second kappa shape index (κ2) is 14.4. The van der Waals surface area contributed by atoms with E-state index in [9.17, 15) is 13.2 Å². The molecule has 0 spiro atoms. The molecule has 0 radical (unpaired) electrons. The number of hydrogen-bond acceptors (Lipinski definition) is 5. The minimum atomic E-state index is -3.11. The van der Waals surface area contributed by atoms with Gasteiger partial charge in [0.05, 0.1) is 12.4 Å². The summed E-state index contributed by atoms with van der Waals surface area (Å²) in [6, 6.07) is 3.57. The normalized spacial score (nSPS) is 15.1. The Labute approximate surface area is 181 Å². The van der Waals surface area contributed by atoms with Crippen molar-refractivity contribution in [2.45, 2.75) is 70.8 Å². The van der Waals surface area contributed by atoms with Gasteiger partial charge in [0, 0.05) is 25.5 Å². The zero-order chi connectivity index (χ0) is 21.5. The Morgan fingerprint density at radius 1 is 1.07 bits per heavy atom. The third-order valence-electron chi connectivity index (χ3n) is 5.43. The largest absolute Gasteiger partial charge is 0.365 e. The van der Waals surface area contributed by atoms with Crippen molar-refractivity contribution in [1.29, 1.82) is 0 Å². The molecule has 0 aromatic carbocycles. The Hall–Kier alpha value is -1.67. The maximum atomic E-state index is 12.1. The lowest BCUT2D eigenvalue weighted by molar-refractivity contribution is 0.116. The summed E-state index contributed by atoms with van der Waals surface area (Å²) in [5.41, 5.74) is 0.960. The molecular formula is C22H37N3O4S. The predicted octanol–water partition coefficient (Wildman–Crippen LogP) is 3.80. The van der Waals surface area contributed by atoms with Crippen LogP contribution in [0.15, 0.2) is 24.5 Å². The molecule has 170 valence electrons.